The second-order valence-corrected chi connectivity index (χ2v) is 11.8. The average molecular weight is 550 g/mol. The maximum Gasteiger partial charge on any atom is 0.343 e. The van der Waals surface area contributed by atoms with Crippen LogP contribution in [0.2, 0.25) is 0 Å². The van der Waals surface area contributed by atoms with Crippen LogP contribution < -0.4 is 10.9 Å². The lowest BCUT2D eigenvalue weighted by Crippen LogP contribution is -2.49. The van der Waals surface area contributed by atoms with E-state index in [4.69, 9.17) is 14.5 Å². The molecule has 10 heteroatoms. The molecule has 9 nitrogen and oxygen atoms in total. The Bertz CT molecular complexity index is 1690. The third-order valence-electron chi connectivity index (χ3n) is 8.30. The lowest BCUT2D eigenvalue weighted by atomic mass is 9.81. The molecule has 1 amide bonds. The Morgan fingerprint density at radius 3 is 2.70 bits per heavy atom. The Morgan fingerprint density at radius 2 is 2.02 bits per heavy atom. The number of carbonyl (C=O) groups excluding carboxylic acids is 2. The fraction of sp³-hybridized carbons (Fsp3) is 0.467. The minimum Gasteiger partial charge on any atom is -0.458 e. The van der Waals surface area contributed by atoms with Gasteiger partial charge >= 0.3 is 5.97 Å². The predicted molar refractivity (Wildman–Crippen MR) is 144 cm³/mol. The van der Waals surface area contributed by atoms with Gasteiger partial charge in [-0.15, -0.1) is 0 Å². The Labute approximate surface area is 230 Å². The van der Waals surface area contributed by atoms with Crippen LogP contribution in [0.1, 0.15) is 80.0 Å². The van der Waals surface area contributed by atoms with Crippen molar-refractivity contribution >= 4 is 22.8 Å². The van der Waals surface area contributed by atoms with Crippen LogP contribution in [0.25, 0.3) is 22.3 Å². The number of fused-ring (bicyclic) bond motifs is 5. The second kappa shape index (κ2) is 8.94. The number of carbonyl (C=O) groups is 2. The number of esters is 1. The first-order valence-electron chi connectivity index (χ1n) is 13.6. The molecule has 2 atom stereocenters. The Balaban J connectivity index is 1.65. The van der Waals surface area contributed by atoms with Gasteiger partial charge in [-0.3, -0.25) is 9.59 Å². The number of amides is 1. The molecule has 0 unspecified atom stereocenters. The van der Waals surface area contributed by atoms with E-state index in [0.717, 1.165) is 22.1 Å². The number of nitrogens with one attached hydrogen (secondary N) is 1. The number of hydrogen-bond acceptors (Lipinski definition) is 7. The van der Waals surface area contributed by atoms with E-state index >= 15 is 4.39 Å². The van der Waals surface area contributed by atoms with Gasteiger partial charge in [0, 0.05) is 22.6 Å². The zero-order valence-electron chi connectivity index (χ0n) is 23.2. The van der Waals surface area contributed by atoms with Gasteiger partial charge in [-0.2, -0.15) is 0 Å². The molecule has 0 fully saturated rings. The molecule has 6 rings (SSSR count). The number of benzene rings is 1. The minimum atomic E-state index is -1.47. The highest BCUT2D eigenvalue weighted by molar-refractivity contribution is 5.94. The summed E-state index contributed by atoms with van der Waals surface area (Å²) in [6.45, 7) is 8.46. The highest BCUT2D eigenvalue weighted by atomic mass is 19.1. The molecule has 1 aliphatic carbocycles. The van der Waals surface area contributed by atoms with Crippen LogP contribution in [0, 0.1) is 12.7 Å². The van der Waals surface area contributed by atoms with Gasteiger partial charge in [-0.05, 0) is 69.7 Å². The number of cyclic esters (lactones) is 1. The topological polar surface area (TPSA) is 120 Å². The van der Waals surface area contributed by atoms with Crippen molar-refractivity contribution in [3.05, 3.63) is 61.7 Å². The predicted octanol–water partition coefficient (Wildman–Crippen LogP) is 3.45. The lowest BCUT2D eigenvalue weighted by molar-refractivity contribution is -0.200. The molecule has 0 spiro atoms. The van der Waals surface area contributed by atoms with Crippen molar-refractivity contribution in [1.29, 1.82) is 0 Å². The Hall–Kier alpha value is -3.63. The molecule has 0 saturated carbocycles. The quantitative estimate of drug-likeness (QED) is 0.374. The third-order valence-corrected chi connectivity index (χ3v) is 8.30. The number of rotatable bonds is 4. The van der Waals surface area contributed by atoms with Crippen LogP contribution in [-0.2, 0) is 44.2 Å². The molecule has 2 aliphatic heterocycles. The number of aromatic nitrogens is 2. The van der Waals surface area contributed by atoms with Crippen LogP contribution in [0.15, 0.2) is 16.9 Å². The largest absolute Gasteiger partial charge is 0.458 e. The zero-order valence-corrected chi connectivity index (χ0v) is 23.2. The van der Waals surface area contributed by atoms with E-state index in [9.17, 15) is 19.5 Å². The van der Waals surface area contributed by atoms with Crippen molar-refractivity contribution in [3.63, 3.8) is 0 Å². The van der Waals surface area contributed by atoms with E-state index in [-0.39, 0.29) is 30.9 Å². The maximum absolute atomic E-state index is 15.0. The number of pyridine rings is 2. The van der Waals surface area contributed by atoms with Gasteiger partial charge in [0.15, 0.2) is 5.60 Å². The van der Waals surface area contributed by atoms with Gasteiger partial charge in [0.2, 0.25) is 5.91 Å². The van der Waals surface area contributed by atoms with Crippen molar-refractivity contribution in [1.82, 2.24) is 14.9 Å². The van der Waals surface area contributed by atoms with Crippen molar-refractivity contribution in [3.8, 4) is 11.4 Å². The molecular formula is C30H32FN3O6. The molecule has 3 aromatic rings. The van der Waals surface area contributed by atoms with Crippen LogP contribution >= 0.6 is 0 Å². The van der Waals surface area contributed by atoms with E-state index in [1.807, 2.05) is 27.7 Å². The summed E-state index contributed by atoms with van der Waals surface area (Å²) >= 11 is 0. The number of halogens is 1. The van der Waals surface area contributed by atoms with Gasteiger partial charge in [0.25, 0.3) is 5.56 Å². The zero-order chi connectivity index (χ0) is 28.7. The van der Waals surface area contributed by atoms with Crippen LogP contribution in [0.4, 0.5) is 4.39 Å². The Morgan fingerprint density at radius 1 is 1.27 bits per heavy atom. The highest BCUT2D eigenvalue weighted by Crippen LogP contribution is 2.47. The normalized spacial score (nSPS) is 21.1. The first-order chi connectivity index (χ1) is 18.9. The maximum atomic E-state index is 15.0. The molecule has 4 heterocycles. The first-order valence-corrected chi connectivity index (χ1v) is 13.6. The van der Waals surface area contributed by atoms with E-state index in [1.165, 1.54) is 6.07 Å². The molecule has 1 aromatic carbocycles. The van der Waals surface area contributed by atoms with Gasteiger partial charge in [0.1, 0.15) is 19.0 Å². The fourth-order valence-corrected chi connectivity index (χ4v) is 6.62. The summed E-state index contributed by atoms with van der Waals surface area (Å²) in [5.74, 6) is -1.43. The van der Waals surface area contributed by atoms with Crippen LogP contribution in [-0.4, -0.2) is 38.7 Å². The van der Waals surface area contributed by atoms with E-state index in [1.54, 1.807) is 17.6 Å². The van der Waals surface area contributed by atoms with Gasteiger partial charge in [-0.25, -0.2) is 14.2 Å². The molecule has 0 radical (unpaired) electrons. The van der Waals surface area contributed by atoms with Gasteiger partial charge in [0.05, 0.1) is 40.7 Å². The number of hydrogen-bond donors (Lipinski definition) is 2. The van der Waals surface area contributed by atoms with E-state index in [2.05, 4.69) is 5.32 Å². The number of aryl methyl sites for hydroxylation is 1. The number of aliphatic hydroxyl groups excluding tert-OH is 1. The van der Waals surface area contributed by atoms with Crippen LogP contribution in [0.3, 0.4) is 0 Å². The summed E-state index contributed by atoms with van der Waals surface area (Å²) in [6.07, 6.45) is 1.30. The fourth-order valence-electron chi connectivity index (χ4n) is 6.62. The smallest absolute Gasteiger partial charge is 0.343 e. The van der Waals surface area contributed by atoms with Crippen molar-refractivity contribution in [2.75, 3.05) is 6.61 Å². The standard InChI is InChI=1S/C30H32FN3O6/c1-6-30(40-29(3,4)5)18-9-22-26-16(11-34(22)27(37)17(18)13-39-28(30)38)25-20(32-23(36)12-35)8-7-15-14(2)19(31)10-21(33-26)24(15)25/h9-10,20,35H,6-8,11-13H2,1-5H3,(H,32,36)/t20-,30-/m0/s1. The number of nitrogens with zero attached hydrogens (tertiary/aromatic N) is 2. The summed E-state index contributed by atoms with van der Waals surface area (Å²) in [6, 6.07) is 2.74. The lowest BCUT2D eigenvalue weighted by Gasteiger charge is -2.40. The third kappa shape index (κ3) is 3.72. The molecular weight excluding hydrogens is 517 g/mol. The first kappa shape index (κ1) is 26.6. The molecule has 0 saturated heterocycles. The van der Waals surface area contributed by atoms with Gasteiger partial charge < -0.3 is 24.5 Å². The summed E-state index contributed by atoms with van der Waals surface area (Å²) in [7, 11) is 0. The highest BCUT2D eigenvalue weighted by Gasteiger charge is 2.50. The number of aliphatic hydroxyl groups is 1. The van der Waals surface area contributed by atoms with Crippen molar-refractivity contribution in [2.24, 2.45) is 0 Å². The van der Waals surface area contributed by atoms with Crippen LogP contribution in [0.5, 0.6) is 0 Å². The Kier molecular flexibility index (Phi) is 5.94. The van der Waals surface area contributed by atoms with Crippen molar-refractivity contribution in [2.45, 2.75) is 84.3 Å². The second-order valence-electron chi connectivity index (χ2n) is 11.8. The van der Waals surface area contributed by atoms with Crippen molar-refractivity contribution < 1.29 is 28.6 Å². The molecule has 2 aromatic heterocycles. The minimum absolute atomic E-state index is 0.162. The summed E-state index contributed by atoms with van der Waals surface area (Å²) in [5.41, 5.74) is 2.67. The summed E-state index contributed by atoms with van der Waals surface area (Å²) in [4.78, 5) is 44.3. The van der Waals surface area contributed by atoms with E-state index < -0.39 is 35.7 Å². The van der Waals surface area contributed by atoms with Gasteiger partial charge in [-0.1, -0.05) is 6.92 Å². The number of ether oxygens (including phenoxy) is 2. The summed E-state index contributed by atoms with van der Waals surface area (Å²) in [5, 5.41) is 13.1. The monoisotopic (exact) mass is 549 g/mol. The SMILES string of the molecule is CC[C@@]1(OC(C)(C)C)C(=O)OCc2c1cc1n(c2=O)Cc2c-1nc1cc(F)c(C)c3c1c2[C@@H](NC(=O)CO)CC3. The molecule has 3 aliphatic rings. The molecule has 40 heavy (non-hydrogen) atoms. The summed E-state index contributed by atoms with van der Waals surface area (Å²) < 4.78 is 28.5. The average Bonchev–Trinajstić information content (AvgIpc) is 3.27. The molecule has 210 valence electrons. The molecule has 0 bridgehead atoms. The van der Waals surface area contributed by atoms with E-state index in [0.29, 0.717) is 46.4 Å². The molecule has 2 N–H and O–H groups in total.